The Morgan fingerprint density at radius 3 is 2.31 bits per heavy atom. The first-order chi connectivity index (χ1) is 6.95. The van der Waals surface area contributed by atoms with E-state index in [9.17, 15) is 0 Å². The monoisotopic (exact) mass is 243 g/mol. The van der Waals surface area contributed by atoms with Crippen molar-refractivity contribution in [2.45, 2.75) is 39.2 Å². The van der Waals surface area contributed by atoms with Crippen LogP contribution in [0.25, 0.3) is 0 Å². The Morgan fingerprint density at radius 1 is 1.25 bits per heavy atom. The van der Waals surface area contributed by atoms with E-state index in [2.05, 4.69) is 26.8 Å². The standard InChI is InChI=1S/C13H21NO.ClH/c1-10(9-14)15-12-8-6-5-7-11(12)13(2,3)4;/h5-8,10H,9,14H2,1-4H3;1H. The van der Waals surface area contributed by atoms with Gasteiger partial charge in [-0.3, -0.25) is 0 Å². The van der Waals surface area contributed by atoms with Gasteiger partial charge >= 0.3 is 0 Å². The molecule has 2 nitrogen and oxygen atoms in total. The van der Waals surface area contributed by atoms with E-state index in [1.807, 2.05) is 25.1 Å². The lowest BCUT2D eigenvalue weighted by Gasteiger charge is -2.24. The Kier molecular flexibility index (Phi) is 5.84. The van der Waals surface area contributed by atoms with Crippen molar-refractivity contribution in [2.24, 2.45) is 5.73 Å². The lowest BCUT2D eigenvalue weighted by atomic mass is 9.86. The molecule has 0 bridgehead atoms. The van der Waals surface area contributed by atoms with Gasteiger partial charge < -0.3 is 10.5 Å². The van der Waals surface area contributed by atoms with Crippen LogP contribution in [0.5, 0.6) is 5.75 Å². The summed E-state index contributed by atoms with van der Waals surface area (Å²) in [5.41, 5.74) is 6.88. The highest BCUT2D eigenvalue weighted by atomic mass is 35.5. The minimum absolute atomic E-state index is 0. The first-order valence-corrected chi connectivity index (χ1v) is 5.41. The van der Waals surface area contributed by atoms with Crippen LogP contribution in [0.15, 0.2) is 24.3 Å². The number of halogens is 1. The lowest BCUT2D eigenvalue weighted by Crippen LogP contribution is -2.24. The van der Waals surface area contributed by atoms with Gasteiger partial charge in [0.05, 0.1) is 0 Å². The van der Waals surface area contributed by atoms with Gasteiger partial charge in [0.1, 0.15) is 11.9 Å². The molecule has 0 aromatic heterocycles. The second-order valence-electron chi connectivity index (χ2n) is 4.91. The Hall–Kier alpha value is -0.730. The van der Waals surface area contributed by atoms with Crippen molar-refractivity contribution in [2.75, 3.05) is 6.54 Å². The maximum Gasteiger partial charge on any atom is 0.123 e. The fourth-order valence-electron chi connectivity index (χ4n) is 1.45. The minimum Gasteiger partial charge on any atom is -0.489 e. The van der Waals surface area contributed by atoms with Crippen LogP contribution in [0.4, 0.5) is 0 Å². The van der Waals surface area contributed by atoms with E-state index in [1.165, 1.54) is 5.56 Å². The molecule has 1 aromatic carbocycles. The van der Waals surface area contributed by atoms with Crippen molar-refractivity contribution in [1.82, 2.24) is 0 Å². The summed E-state index contributed by atoms with van der Waals surface area (Å²) in [4.78, 5) is 0. The molecule has 16 heavy (non-hydrogen) atoms. The molecule has 0 spiro atoms. The highest BCUT2D eigenvalue weighted by Gasteiger charge is 2.19. The summed E-state index contributed by atoms with van der Waals surface area (Å²) in [5, 5.41) is 0. The van der Waals surface area contributed by atoms with Crippen LogP contribution < -0.4 is 10.5 Å². The van der Waals surface area contributed by atoms with Crippen LogP contribution >= 0.6 is 12.4 Å². The van der Waals surface area contributed by atoms with Crippen molar-refractivity contribution in [3.8, 4) is 5.75 Å². The van der Waals surface area contributed by atoms with E-state index in [0.29, 0.717) is 6.54 Å². The van der Waals surface area contributed by atoms with E-state index in [4.69, 9.17) is 10.5 Å². The second-order valence-corrected chi connectivity index (χ2v) is 4.91. The smallest absolute Gasteiger partial charge is 0.123 e. The van der Waals surface area contributed by atoms with Crippen LogP contribution in [0.3, 0.4) is 0 Å². The van der Waals surface area contributed by atoms with Crippen molar-refractivity contribution in [3.05, 3.63) is 29.8 Å². The van der Waals surface area contributed by atoms with Crippen molar-refractivity contribution in [3.63, 3.8) is 0 Å². The van der Waals surface area contributed by atoms with E-state index in [1.54, 1.807) is 0 Å². The van der Waals surface area contributed by atoms with Crippen LogP contribution in [0, 0.1) is 0 Å². The number of hydrogen-bond donors (Lipinski definition) is 1. The second kappa shape index (κ2) is 6.12. The van der Waals surface area contributed by atoms with Gasteiger partial charge in [0.15, 0.2) is 0 Å². The first-order valence-electron chi connectivity index (χ1n) is 5.41. The van der Waals surface area contributed by atoms with Crippen molar-refractivity contribution < 1.29 is 4.74 Å². The summed E-state index contributed by atoms with van der Waals surface area (Å²) in [5.74, 6) is 0.947. The van der Waals surface area contributed by atoms with Gasteiger partial charge in [-0.05, 0) is 24.0 Å². The van der Waals surface area contributed by atoms with E-state index in [0.717, 1.165) is 5.75 Å². The molecule has 1 atom stereocenters. The fourth-order valence-corrected chi connectivity index (χ4v) is 1.45. The van der Waals surface area contributed by atoms with Gasteiger partial charge in [-0.1, -0.05) is 39.0 Å². The number of nitrogens with two attached hydrogens (primary N) is 1. The van der Waals surface area contributed by atoms with Gasteiger partial charge in [0.2, 0.25) is 0 Å². The third-order valence-electron chi connectivity index (χ3n) is 2.36. The van der Waals surface area contributed by atoms with Crippen molar-refractivity contribution >= 4 is 12.4 Å². The Labute approximate surface area is 105 Å². The predicted molar refractivity (Wildman–Crippen MR) is 71.5 cm³/mol. The van der Waals surface area contributed by atoms with Gasteiger partial charge in [-0.25, -0.2) is 0 Å². The minimum atomic E-state index is 0. The van der Waals surface area contributed by atoms with Crippen molar-refractivity contribution in [1.29, 1.82) is 0 Å². The summed E-state index contributed by atoms with van der Waals surface area (Å²) < 4.78 is 5.80. The topological polar surface area (TPSA) is 35.2 Å². The van der Waals surface area contributed by atoms with E-state index >= 15 is 0 Å². The summed E-state index contributed by atoms with van der Waals surface area (Å²) >= 11 is 0. The molecule has 0 aliphatic heterocycles. The van der Waals surface area contributed by atoms with E-state index in [-0.39, 0.29) is 23.9 Å². The Bertz CT molecular complexity index is 320. The molecule has 1 aromatic rings. The van der Waals surface area contributed by atoms with Crippen LogP contribution in [0.2, 0.25) is 0 Å². The summed E-state index contributed by atoms with van der Waals surface area (Å²) in [6, 6.07) is 8.15. The lowest BCUT2D eigenvalue weighted by molar-refractivity contribution is 0.224. The van der Waals surface area contributed by atoms with E-state index < -0.39 is 0 Å². The molecule has 0 saturated carbocycles. The number of hydrogen-bond acceptors (Lipinski definition) is 2. The molecule has 0 amide bonds. The highest BCUT2D eigenvalue weighted by molar-refractivity contribution is 5.85. The quantitative estimate of drug-likeness (QED) is 0.885. The van der Waals surface area contributed by atoms with Crippen LogP contribution in [-0.2, 0) is 5.41 Å². The molecule has 0 aliphatic carbocycles. The molecular weight excluding hydrogens is 222 g/mol. The number of ether oxygens (including phenoxy) is 1. The van der Waals surface area contributed by atoms with Gasteiger partial charge in [0.25, 0.3) is 0 Å². The molecule has 0 heterocycles. The number of para-hydroxylation sites is 1. The number of benzene rings is 1. The normalized spacial score (nSPS) is 12.8. The third kappa shape index (κ3) is 4.03. The molecule has 2 N–H and O–H groups in total. The molecule has 3 heteroatoms. The zero-order valence-electron chi connectivity index (χ0n) is 10.5. The maximum absolute atomic E-state index is 5.80. The molecule has 92 valence electrons. The Balaban J connectivity index is 0.00000225. The molecule has 0 fully saturated rings. The van der Waals surface area contributed by atoms with Crippen LogP contribution in [-0.4, -0.2) is 12.6 Å². The molecular formula is C13H22ClNO. The molecule has 0 radical (unpaired) electrons. The fraction of sp³-hybridized carbons (Fsp3) is 0.538. The molecule has 0 saturated heterocycles. The van der Waals surface area contributed by atoms with Gasteiger partial charge in [-0.15, -0.1) is 12.4 Å². The number of rotatable bonds is 3. The highest BCUT2D eigenvalue weighted by Crippen LogP contribution is 2.31. The average molecular weight is 244 g/mol. The summed E-state index contributed by atoms with van der Waals surface area (Å²) in [6.07, 6.45) is 0.0634. The average Bonchev–Trinajstić information content (AvgIpc) is 2.17. The summed E-state index contributed by atoms with van der Waals surface area (Å²) in [6.45, 7) is 9.07. The zero-order valence-corrected chi connectivity index (χ0v) is 11.3. The SMILES string of the molecule is CC(CN)Oc1ccccc1C(C)(C)C.Cl. The molecule has 1 unspecified atom stereocenters. The Morgan fingerprint density at radius 2 is 1.81 bits per heavy atom. The summed E-state index contributed by atoms with van der Waals surface area (Å²) in [7, 11) is 0. The predicted octanol–water partition coefficient (Wildman–Crippen LogP) is 3.13. The van der Waals surface area contributed by atoms with Gasteiger partial charge in [0, 0.05) is 6.54 Å². The molecule has 1 rings (SSSR count). The van der Waals surface area contributed by atoms with Crippen LogP contribution in [0.1, 0.15) is 33.3 Å². The first kappa shape index (κ1) is 15.3. The zero-order chi connectivity index (χ0) is 11.5. The largest absolute Gasteiger partial charge is 0.489 e. The maximum atomic E-state index is 5.80. The van der Waals surface area contributed by atoms with Gasteiger partial charge in [-0.2, -0.15) is 0 Å². The molecule has 0 aliphatic rings. The third-order valence-corrected chi connectivity index (χ3v) is 2.36.